The highest BCUT2D eigenvalue weighted by Gasteiger charge is 2.37. The van der Waals surface area contributed by atoms with Crippen LogP contribution in [-0.2, 0) is 4.74 Å². The van der Waals surface area contributed by atoms with Crippen LogP contribution in [0.4, 0.5) is 0 Å². The summed E-state index contributed by atoms with van der Waals surface area (Å²) in [5.41, 5.74) is 5.89. The molecule has 2 rings (SSSR count). The third-order valence-electron chi connectivity index (χ3n) is 4.04. The van der Waals surface area contributed by atoms with Gasteiger partial charge >= 0.3 is 0 Å². The number of nitrogens with zero attached hydrogens (tertiary/aromatic N) is 1. The number of ether oxygens (including phenoxy) is 1. The number of thioether (sulfide) groups is 1. The van der Waals surface area contributed by atoms with Gasteiger partial charge in [-0.2, -0.15) is 11.8 Å². The average molecular weight is 274 g/mol. The second-order valence-corrected chi connectivity index (χ2v) is 6.72. The number of hydrogen-bond donors (Lipinski definition) is 1. The smallest absolute Gasteiger partial charge is 0.0891 e. The van der Waals surface area contributed by atoms with Crippen LogP contribution in [0.1, 0.15) is 19.3 Å². The molecule has 1 atom stereocenters. The Morgan fingerprint density at radius 2 is 2.24 bits per heavy atom. The van der Waals surface area contributed by atoms with E-state index in [-0.39, 0.29) is 4.75 Å². The lowest BCUT2D eigenvalue weighted by Crippen LogP contribution is -2.50. The summed E-state index contributed by atoms with van der Waals surface area (Å²) in [6.07, 6.45) is 5.53. The van der Waals surface area contributed by atoms with Gasteiger partial charge in [0.25, 0.3) is 0 Å². The highest BCUT2D eigenvalue weighted by atomic mass is 32.2. The van der Waals surface area contributed by atoms with Crippen LogP contribution in [0.2, 0.25) is 0 Å². The molecule has 0 aromatic heterocycles. The first-order valence-electron chi connectivity index (χ1n) is 6.31. The number of thiocarbonyl (C=S) groups is 1. The van der Waals surface area contributed by atoms with Crippen molar-refractivity contribution in [2.45, 2.75) is 24.0 Å². The molecule has 0 aromatic rings. The summed E-state index contributed by atoms with van der Waals surface area (Å²) in [4.78, 5) is 3.24. The van der Waals surface area contributed by atoms with Crippen molar-refractivity contribution < 1.29 is 4.74 Å². The second kappa shape index (κ2) is 5.87. The molecule has 98 valence electrons. The Morgan fingerprint density at radius 3 is 2.71 bits per heavy atom. The van der Waals surface area contributed by atoms with Crippen LogP contribution in [0.3, 0.4) is 0 Å². The first-order valence-corrected chi connectivity index (χ1v) is 7.95. The molecule has 2 fully saturated rings. The lowest BCUT2D eigenvalue weighted by atomic mass is 9.94. The fraction of sp³-hybridized carbons (Fsp3) is 0.917. The van der Waals surface area contributed by atoms with E-state index >= 15 is 0 Å². The Labute approximate surface area is 113 Å². The average Bonchev–Trinajstić information content (AvgIpc) is 2.83. The van der Waals surface area contributed by atoms with Crippen LogP contribution in [0.5, 0.6) is 0 Å². The van der Waals surface area contributed by atoms with Crippen LogP contribution < -0.4 is 5.73 Å². The summed E-state index contributed by atoms with van der Waals surface area (Å²) in [7, 11) is 0. The minimum atomic E-state index is 0.0536. The maximum absolute atomic E-state index is 5.89. The molecule has 2 N–H and O–H groups in total. The maximum atomic E-state index is 5.89. The van der Waals surface area contributed by atoms with Crippen molar-refractivity contribution in [1.82, 2.24) is 4.90 Å². The fourth-order valence-electron chi connectivity index (χ4n) is 2.74. The topological polar surface area (TPSA) is 38.5 Å². The summed E-state index contributed by atoms with van der Waals surface area (Å²) in [6.45, 7) is 5.31. The summed E-state index contributed by atoms with van der Waals surface area (Å²) in [6, 6.07) is 0. The zero-order valence-corrected chi connectivity index (χ0v) is 12.1. The molecule has 1 unspecified atom stereocenters. The van der Waals surface area contributed by atoms with Gasteiger partial charge in [-0.3, -0.25) is 0 Å². The lowest BCUT2D eigenvalue weighted by molar-refractivity contribution is 0.154. The predicted octanol–water partition coefficient (Wildman–Crippen LogP) is 1.51. The second-order valence-electron chi connectivity index (χ2n) is 5.09. The lowest BCUT2D eigenvalue weighted by Gasteiger charge is -2.40. The fourth-order valence-corrected chi connectivity index (χ4v) is 3.99. The van der Waals surface area contributed by atoms with E-state index in [1.54, 1.807) is 0 Å². The van der Waals surface area contributed by atoms with E-state index in [2.05, 4.69) is 11.2 Å². The van der Waals surface area contributed by atoms with Crippen molar-refractivity contribution in [3.63, 3.8) is 0 Å². The molecule has 2 aliphatic rings. The number of likely N-dealkylation sites (tertiary alicyclic amines) is 1. The van der Waals surface area contributed by atoms with E-state index in [9.17, 15) is 0 Å². The van der Waals surface area contributed by atoms with Crippen LogP contribution in [-0.4, -0.2) is 53.7 Å². The number of piperidine rings is 1. The van der Waals surface area contributed by atoms with Gasteiger partial charge in [-0.15, -0.1) is 0 Å². The zero-order valence-electron chi connectivity index (χ0n) is 10.5. The SMILES string of the molecule is CSC1(C(N)=S)CCN(CC2CCOC2)CC1. The van der Waals surface area contributed by atoms with Crippen LogP contribution in [0.15, 0.2) is 0 Å². The normalized spacial score (nSPS) is 29.4. The Balaban J connectivity index is 1.82. The molecule has 0 spiro atoms. The zero-order chi connectivity index (χ0) is 12.3. The molecule has 0 aliphatic carbocycles. The van der Waals surface area contributed by atoms with Gasteiger partial charge in [-0.05, 0) is 44.5 Å². The largest absolute Gasteiger partial charge is 0.392 e. The van der Waals surface area contributed by atoms with Gasteiger partial charge in [0.1, 0.15) is 0 Å². The quantitative estimate of drug-likeness (QED) is 0.787. The minimum Gasteiger partial charge on any atom is -0.392 e. The van der Waals surface area contributed by atoms with E-state index in [4.69, 9.17) is 22.7 Å². The van der Waals surface area contributed by atoms with Gasteiger partial charge in [0.15, 0.2) is 0 Å². The van der Waals surface area contributed by atoms with Gasteiger partial charge < -0.3 is 15.4 Å². The molecule has 0 bridgehead atoms. The van der Waals surface area contributed by atoms with Crippen molar-refractivity contribution in [1.29, 1.82) is 0 Å². The van der Waals surface area contributed by atoms with Gasteiger partial charge in [0, 0.05) is 13.2 Å². The maximum Gasteiger partial charge on any atom is 0.0891 e. The third kappa shape index (κ3) is 3.13. The third-order valence-corrected chi connectivity index (χ3v) is 5.97. The van der Waals surface area contributed by atoms with Crippen molar-refractivity contribution >= 4 is 29.0 Å². The molecule has 17 heavy (non-hydrogen) atoms. The molecule has 0 saturated carbocycles. The molecule has 5 heteroatoms. The number of hydrogen-bond acceptors (Lipinski definition) is 4. The summed E-state index contributed by atoms with van der Waals surface area (Å²) in [5.74, 6) is 0.738. The van der Waals surface area contributed by atoms with Crippen LogP contribution in [0, 0.1) is 5.92 Å². The molecule has 0 aromatic carbocycles. The van der Waals surface area contributed by atoms with Crippen molar-refractivity contribution in [3.05, 3.63) is 0 Å². The summed E-state index contributed by atoms with van der Waals surface area (Å²) >= 11 is 7.06. The molecule has 2 saturated heterocycles. The van der Waals surface area contributed by atoms with Crippen molar-refractivity contribution in [2.75, 3.05) is 39.1 Å². The van der Waals surface area contributed by atoms with Gasteiger partial charge in [0.05, 0.1) is 16.3 Å². The first-order chi connectivity index (χ1) is 8.16. The minimum absolute atomic E-state index is 0.0536. The van der Waals surface area contributed by atoms with Crippen molar-refractivity contribution in [2.24, 2.45) is 11.7 Å². The Hall–Kier alpha value is 0.160. The Bertz CT molecular complexity index is 272. The van der Waals surface area contributed by atoms with Gasteiger partial charge in [-0.1, -0.05) is 12.2 Å². The van der Waals surface area contributed by atoms with E-state index in [1.807, 2.05) is 11.8 Å². The van der Waals surface area contributed by atoms with E-state index in [0.717, 1.165) is 45.1 Å². The van der Waals surface area contributed by atoms with Crippen LogP contribution in [0.25, 0.3) is 0 Å². The standard InChI is InChI=1S/C12H22N2OS2/c1-17-12(11(13)16)3-5-14(6-4-12)8-10-2-7-15-9-10/h10H,2-9H2,1H3,(H2,13,16). The van der Waals surface area contributed by atoms with Crippen LogP contribution >= 0.6 is 24.0 Å². The molecule has 2 aliphatic heterocycles. The van der Waals surface area contributed by atoms with Gasteiger partial charge in [-0.25, -0.2) is 0 Å². The summed E-state index contributed by atoms with van der Waals surface area (Å²) in [5, 5.41) is 0. The Kier molecular flexibility index (Phi) is 4.69. The Morgan fingerprint density at radius 1 is 1.53 bits per heavy atom. The van der Waals surface area contributed by atoms with E-state index in [1.165, 1.54) is 13.0 Å². The number of rotatable bonds is 4. The number of nitrogens with two attached hydrogens (primary N) is 1. The predicted molar refractivity (Wildman–Crippen MR) is 77.6 cm³/mol. The molecule has 0 amide bonds. The van der Waals surface area contributed by atoms with E-state index in [0.29, 0.717) is 4.99 Å². The van der Waals surface area contributed by atoms with Crippen molar-refractivity contribution in [3.8, 4) is 0 Å². The highest BCUT2D eigenvalue weighted by Crippen LogP contribution is 2.35. The van der Waals surface area contributed by atoms with E-state index < -0.39 is 0 Å². The molecule has 0 radical (unpaired) electrons. The highest BCUT2D eigenvalue weighted by molar-refractivity contribution is 8.02. The first kappa shape index (κ1) is 13.6. The monoisotopic (exact) mass is 274 g/mol. The molecular weight excluding hydrogens is 252 g/mol. The molecule has 3 nitrogen and oxygen atoms in total. The molecular formula is C12H22N2OS2. The summed E-state index contributed by atoms with van der Waals surface area (Å²) < 4.78 is 5.48. The van der Waals surface area contributed by atoms with Gasteiger partial charge in [0.2, 0.25) is 0 Å². The molecule has 2 heterocycles.